The van der Waals surface area contributed by atoms with Gasteiger partial charge in [0.1, 0.15) is 5.82 Å². The van der Waals surface area contributed by atoms with Crippen molar-refractivity contribution in [3.8, 4) is 0 Å². The fourth-order valence-electron chi connectivity index (χ4n) is 2.80. The van der Waals surface area contributed by atoms with Crippen LogP contribution in [0.4, 0.5) is 5.69 Å². The molecule has 1 aromatic carbocycles. The smallest absolute Gasteiger partial charge is 0.234 e. The van der Waals surface area contributed by atoms with Gasteiger partial charge in [-0.05, 0) is 36.8 Å². The van der Waals surface area contributed by atoms with E-state index in [4.69, 9.17) is 16.3 Å². The number of aryl methyl sites for hydroxylation is 2. The Labute approximate surface area is 179 Å². The van der Waals surface area contributed by atoms with Crippen LogP contribution >= 0.6 is 23.4 Å². The van der Waals surface area contributed by atoms with Gasteiger partial charge in [0.25, 0.3) is 0 Å². The molecular formula is C20H24ClN5O2S. The van der Waals surface area contributed by atoms with E-state index in [2.05, 4.69) is 26.1 Å². The van der Waals surface area contributed by atoms with E-state index in [0.29, 0.717) is 35.4 Å². The summed E-state index contributed by atoms with van der Waals surface area (Å²) in [7, 11) is 3.66. The number of thioether (sulfide) groups is 1. The highest BCUT2D eigenvalue weighted by Gasteiger charge is 2.15. The van der Waals surface area contributed by atoms with Gasteiger partial charge in [-0.15, -0.1) is 10.2 Å². The molecule has 0 unspecified atom stereocenters. The van der Waals surface area contributed by atoms with Crippen LogP contribution in [0.25, 0.3) is 0 Å². The number of nitrogens with one attached hydrogen (secondary N) is 1. The number of carbonyl (C=O) groups is 1. The second kappa shape index (κ2) is 9.96. The van der Waals surface area contributed by atoms with Crippen LogP contribution in [0.15, 0.2) is 41.7 Å². The maximum absolute atomic E-state index is 12.4. The van der Waals surface area contributed by atoms with E-state index < -0.39 is 0 Å². The Kier molecular flexibility index (Phi) is 7.35. The molecule has 0 fully saturated rings. The second-order valence-corrected chi connectivity index (χ2v) is 7.98. The molecule has 1 N–H and O–H groups in total. The number of methoxy groups -OCH3 is 1. The monoisotopic (exact) mass is 433 g/mol. The van der Waals surface area contributed by atoms with Gasteiger partial charge in [0.15, 0.2) is 5.16 Å². The maximum atomic E-state index is 12.4. The zero-order valence-corrected chi connectivity index (χ0v) is 18.3. The molecular weight excluding hydrogens is 410 g/mol. The third-order valence-corrected chi connectivity index (χ3v) is 5.86. The lowest BCUT2D eigenvalue weighted by Gasteiger charge is -2.10. The van der Waals surface area contributed by atoms with Crippen LogP contribution in [0.1, 0.15) is 17.1 Å². The molecule has 2 heterocycles. The van der Waals surface area contributed by atoms with E-state index in [9.17, 15) is 4.79 Å². The summed E-state index contributed by atoms with van der Waals surface area (Å²) in [5.74, 6) is 0.943. The van der Waals surface area contributed by atoms with Crippen molar-refractivity contribution in [3.63, 3.8) is 0 Å². The van der Waals surface area contributed by atoms with Crippen LogP contribution in [0.3, 0.4) is 0 Å². The number of hydrogen-bond acceptors (Lipinski definition) is 5. The van der Waals surface area contributed by atoms with Crippen molar-refractivity contribution < 1.29 is 9.53 Å². The van der Waals surface area contributed by atoms with Gasteiger partial charge in [-0.1, -0.05) is 29.4 Å². The first-order valence-corrected chi connectivity index (χ1v) is 10.5. The minimum atomic E-state index is -0.125. The standard InChI is InChI=1S/C20H24ClN5O2S/c1-14-6-7-15(11-17(14)21)22-19(27)13-29-20-24-23-18(26(20)9-10-28-3)12-16-5-4-8-25(16)2/h4-8,11H,9-10,12-13H2,1-3H3,(H,22,27). The van der Waals surface area contributed by atoms with E-state index in [-0.39, 0.29) is 11.7 Å². The highest BCUT2D eigenvalue weighted by atomic mass is 35.5. The first-order valence-electron chi connectivity index (χ1n) is 9.18. The average Bonchev–Trinajstić information content (AvgIpc) is 3.27. The van der Waals surface area contributed by atoms with Gasteiger partial charge in [-0.25, -0.2) is 0 Å². The highest BCUT2D eigenvalue weighted by molar-refractivity contribution is 7.99. The number of ether oxygens (including phenoxy) is 1. The first-order chi connectivity index (χ1) is 14.0. The Balaban J connectivity index is 1.66. The lowest BCUT2D eigenvalue weighted by Crippen LogP contribution is -2.15. The molecule has 0 aliphatic rings. The van der Waals surface area contributed by atoms with Gasteiger partial charge >= 0.3 is 0 Å². The Bertz CT molecular complexity index is 985. The molecule has 0 aliphatic carbocycles. The number of amides is 1. The van der Waals surface area contributed by atoms with Crippen LogP contribution in [-0.4, -0.2) is 44.7 Å². The van der Waals surface area contributed by atoms with Gasteiger partial charge in [-0.3, -0.25) is 4.79 Å². The minimum absolute atomic E-state index is 0.125. The summed E-state index contributed by atoms with van der Waals surface area (Å²) in [6.07, 6.45) is 2.66. The molecule has 9 heteroatoms. The van der Waals surface area contributed by atoms with Crippen LogP contribution in [-0.2, 0) is 29.5 Å². The molecule has 0 atom stereocenters. The lowest BCUT2D eigenvalue weighted by atomic mass is 10.2. The summed E-state index contributed by atoms with van der Waals surface area (Å²) in [6.45, 7) is 3.09. The van der Waals surface area contributed by atoms with Crippen molar-refractivity contribution in [1.29, 1.82) is 0 Å². The summed E-state index contributed by atoms with van der Waals surface area (Å²) in [5, 5.41) is 12.8. The molecule has 29 heavy (non-hydrogen) atoms. The van der Waals surface area contributed by atoms with Crippen molar-refractivity contribution in [1.82, 2.24) is 19.3 Å². The van der Waals surface area contributed by atoms with Crippen molar-refractivity contribution >= 4 is 35.0 Å². The topological polar surface area (TPSA) is 74.0 Å². The van der Waals surface area contributed by atoms with Crippen molar-refractivity contribution in [2.45, 2.75) is 25.0 Å². The number of rotatable bonds is 9. The van der Waals surface area contributed by atoms with Gasteiger partial charge < -0.3 is 19.2 Å². The summed E-state index contributed by atoms with van der Waals surface area (Å²) in [4.78, 5) is 12.4. The molecule has 0 aliphatic heterocycles. The molecule has 0 saturated carbocycles. The molecule has 3 rings (SSSR count). The number of aromatic nitrogens is 4. The minimum Gasteiger partial charge on any atom is -0.383 e. The van der Waals surface area contributed by atoms with E-state index in [0.717, 1.165) is 17.1 Å². The largest absolute Gasteiger partial charge is 0.383 e. The number of carbonyl (C=O) groups excluding carboxylic acids is 1. The Morgan fingerprint density at radius 1 is 1.31 bits per heavy atom. The van der Waals surface area contributed by atoms with E-state index >= 15 is 0 Å². The molecule has 7 nitrogen and oxygen atoms in total. The summed E-state index contributed by atoms with van der Waals surface area (Å²) in [5.41, 5.74) is 2.79. The number of nitrogens with zero attached hydrogens (tertiary/aromatic N) is 4. The number of benzene rings is 1. The second-order valence-electron chi connectivity index (χ2n) is 6.63. The molecule has 154 valence electrons. The van der Waals surface area contributed by atoms with Gasteiger partial charge in [0.2, 0.25) is 5.91 Å². The zero-order valence-electron chi connectivity index (χ0n) is 16.7. The van der Waals surface area contributed by atoms with Gasteiger partial charge in [0.05, 0.1) is 12.4 Å². The number of hydrogen-bond donors (Lipinski definition) is 1. The predicted molar refractivity (Wildman–Crippen MR) is 116 cm³/mol. The zero-order chi connectivity index (χ0) is 20.8. The van der Waals surface area contributed by atoms with Crippen LogP contribution in [0.2, 0.25) is 5.02 Å². The third-order valence-electron chi connectivity index (χ3n) is 4.49. The molecule has 0 spiro atoms. The average molecular weight is 434 g/mol. The summed E-state index contributed by atoms with van der Waals surface area (Å²) < 4.78 is 9.30. The first kappa shape index (κ1) is 21.4. The molecule has 1 amide bonds. The van der Waals surface area contributed by atoms with E-state index in [1.807, 2.05) is 42.9 Å². The molecule has 0 bridgehead atoms. The van der Waals surface area contributed by atoms with Crippen molar-refractivity contribution in [2.24, 2.45) is 7.05 Å². The van der Waals surface area contributed by atoms with Crippen LogP contribution < -0.4 is 5.32 Å². The molecule has 3 aromatic rings. The quantitative estimate of drug-likeness (QED) is 0.522. The van der Waals surface area contributed by atoms with Crippen LogP contribution in [0.5, 0.6) is 0 Å². The summed E-state index contributed by atoms with van der Waals surface area (Å²) in [6, 6.07) is 9.52. The molecule has 0 radical (unpaired) electrons. The molecule has 2 aromatic heterocycles. The number of anilines is 1. The lowest BCUT2D eigenvalue weighted by molar-refractivity contribution is -0.113. The SMILES string of the molecule is COCCn1c(Cc2cccn2C)nnc1SCC(=O)Nc1ccc(C)c(Cl)c1. The highest BCUT2D eigenvalue weighted by Crippen LogP contribution is 2.22. The predicted octanol–water partition coefficient (Wildman–Crippen LogP) is 3.55. The van der Waals surface area contributed by atoms with E-state index in [1.165, 1.54) is 11.8 Å². The summed E-state index contributed by atoms with van der Waals surface area (Å²) >= 11 is 7.47. The number of halogens is 1. The normalized spacial score (nSPS) is 11.0. The third kappa shape index (κ3) is 5.62. The molecule has 0 saturated heterocycles. The fraction of sp³-hybridized carbons (Fsp3) is 0.350. The Hall–Kier alpha value is -2.29. The van der Waals surface area contributed by atoms with Crippen LogP contribution in [0, 0.1) is 6.92 Å². The van der Waals surface area contributed by atoms with Gasteiger partial charge in [0, 0.05) is 49.7 Å². The Morgan fingerprint density at radius 3 is 2.83 bits per heavy atom. The maximum Gasteiger partial charge on any atom is 0.234 e. The fourth-order valence-corrected chi connectivity index (χ4v) is 3.77. The van der Waals surface area contributed by atoms with Crippen molar-refractivity contribution in [3.05, 3.63) is 58.6 Å². The Morgan fingerprint density at radius 2 is 2.14 bits per heavy atom. The van der Waals surface area contributed by atoms with E-state index in [1.54, 1.807) is 13.2 Å². The van der Waals surface area contributed by atoms with Crippen molar-refractivity contribution in [2.75, 3.05) is 24.8 Å². The van der Waals surface area contributed by atoms with Gasteiger partial charge in [-0.2, -0.15) is 0 Å².